The Bertz CT molecular complexity index is 955. The van der Waals surface area contributed by atoms with E-state index in [2.05, 4.69) is 25.8 Å². The topological polar surface area (TPSA) is 106 Å². The molecule has 2 heterocycles. The maximum atomic E-state index is 12.4. The summed E-state index contributed by atoms with van der Waals surface area (Å²) >= 11 is 0. The third-order valence-electron chi connectivity index (χ3n) is 4.70. The molecule has 0 bridgehead atoms. The van der Waals surface area contributed by atoms with E-state index < -0.39 is 0 Å². The third-order valence-corrected chi connectivity index (χ3v) is 4.70. The molecule has 2 N–H and O–H groups in total. The van der Waals surface area contributed by atoms with Crippen molar-refractivity contribution in [2.24, 2.45) is 0 Å². The van der Waals surface area contributed by atoms with Gasteiger partial charge in [-0.05, 0) is 49.9 Å². The van der Waals surface area contributed by atoms with E-state index in [4.69, 9.17) is 0 Å². The van der Waals surface area contributed by atoms with Gasteiger partial charge in [0.1, 0.15) is 11.0 Å². The number of hydrogen-bond donors (Lipinski definition) is 2. The Morgan fingerprint density at radius 1 is 1.12 bits per heavy atom. The fourth-order valence-electron chi connectivity index (χ4n) is 3.36. The van der Waals surface area contributed by atoms with Gasteiger partial charge in [-0.3, -0.25) is 9.59 Å². The predicted octanol–water partition coefficient (Wildman–Crippen LogP) is 1.43. The molecule has 1 aliphatic rings. The highest BCUT2D eigenvalue weighted by Gasteiger charge is 2.25. The molecule has 0 unspecified atom stereocenters. The van der Waals surface area contributed by atoms with E-state index in [0.717, 1.165) is 31.2 Å². The molecule has 1 saturated carbocycles. The van der Waals surface area contributed by atoms with Crippen molar-refractivity contribution in [3.63, 3.8) is 0 Å². The summed E-state index contributed by atoms with van der Waals surface area (Å²) in [6.45, 7) is 0. The van der Waals surface area contributed by atoms with Crippen molar-refractivity contribution in [1.29, 1.82) is 0 Å². The zero-order chi connectivity index (χ0) is 17.2. The molecule has 0 saturated heterocycles. The van der Waals surface area contributed by atoms with Crippen LogP contribution in [-0.2, 0) is 0 Å². The summed E-state index contributed by atoms with van der Waals surface area (Å²) in [7, 11) is 0. The lowest BCUT2D eigenvalue weighted by molar-refractivity contribution is 0.0921. The largest absolute Gasteiger partial charge is 0.349 e. The summed E-state index contributed by atoms with van der Waals surface area (Å²) in [6, 6.07) is 8.64. The monoisotopic (exact) mass is 338 g/mol. The van der Waals surface area contributed by atoms with Gasteiger partial charge in [0.15, 0.2) is 0 Å². The lowest BCUT2D eigenvalue weighted by Crippen LogP contribution is -2.39. The standard InChI is InChI=1S/C17H18N6O2/c24-16-2-1-9-18-23(16)13-6-4-12(5-7-13)19-17(25)11-3-8-14-15(10-11)21-22-20-14/h1-3,8-10,12-13H,4-7H2,(H,19,25)(H,20,21,22). The normalized spacial score (nSPS) is 20.5. The molecule has 0 spiro atoms. The quantitative estimate of drug-likeness (QED) is 0.751. The van der Waals surface area contributed by atoms with Crippen LogP contribution in [0.1, 0.15) is 42.1 Å². The number of fused-ring (bicyclic) bond motifs is 1. The molecule has 25 heavy (non-hydrogen) atoms. The maximum Gasteiger partial charge on any atom is 0.266 e. The second kappa shape index (κ2) is 6.46. The van der Waals surface area contributed by atoms with Crippen LogP contribution >= 0.6 is 0 Å². The molecule has 0 aliphatic heterocycles. The van der Waals surface area contributed by atoms with E-state index in [9.17, 15) is 9.59 Å². The lowest BCUT2D eigenvalue weighted by Gasteiger charge is -2.29. The first kappa shape index (κ1) is 15.5. The highest BCUT2D eigenvalue weighted by molar-refractivity contribution is 5.97. The van der Waals surface area contributed by atoms with Gasteiger partial charge < -0.3 is 5.32 Å². The molecule has 0 atom stereocenters. The second-order valence-electron chi connectivity index (χ2n) is 6.31. The minimum Gasteiger partial charge on any atom is -0.349 e. The number of hydrogen-bond acceptors (Lipinski definition) is 5. The number of rotatable bonds is 3. The van der Waals surface area contributed by atoms with Crippen LogP contribution in [0, 0.1) is 0 Å². The molecular weight excluding hydrogens is 320 g/mol. The number of aromatic amines is 1. The van der Waals surface area contributed by atoms with Crippen molar-refractivity contribution >= 4 is 16.9 Å². The molecule has 128 valence electrons. The van der Waals surface area contributed by atoms with Crippen LogP contribution in [0.5, 0.6) is 0 Å². The van der Waals surface area contributed by atoms with Crippen molar-refractivity contribution < 1.29 is 4.79 Å². The van der Waals surface area contributed by atoms with Gasteiger partial charge in [-0.15, -0.1) is 0 Å². The van der Waals surface area contributed by atoms with Crippen LogP contribution in [0.4, 0.5) is 0 Å². The van der Waals surface area contributed by atoms with Crippen molar-refractivity contribution in [3.05, 3.63) is 52.4 Å². The summed E-state index contributed by atoms with van der Waals surface area (Å²) in [5.74, 6) is -0.108. The summed E-state index contributed by atoms with van der Waals surface area (Å²) < 4.78 is 1.55. The van der Waals surface area contributed by atoms with E-state index >= 15 is 0 Å². The Morgan fingerprint density at radius 2 is 1.92 bits per heavy atom. The van der Waals surface area contributed by atoms with Crippen molar-refractivity contribution in [3.8, 4) is 0 Å². The highest BCUT2D eigenvalue weighted by atomic mass is 16.1. The van der Waals surface area contributed by atoms with E-state index in [1.54, 1.807) is 35.1 Å². The van der Waals surface area contributed by atoms with Crippen LogP contribution in [0.15, 0.2) is 41.3 Å². The minimum absolute atomic E-state index is 0.0732. The summed E-state index contributed by atoms with van der Waals surface area (Å²) in [6.07, 6.45) is 4.93. The van der Waals surface area contributed by atoms with Gasteiger partial charge in [-0.1, -0.05) is 0 Å². The van der Waals surface area contributed by atoms with Crippen LogP contribution in [0.25, 0.3) is 11.0 Å². The van der Waals surface area contributed by atoms with E-state index in [1.807, 2.05) is 0 Å². The molecule has 8 nitrogen and oxygen atoms in total. The van der Waals surface area contributed by atoms with Crippen molar-refractivity contribution in [2.75, 3.05) is 0 Å². The van der Waals surface area contributed by atoms with Crippen LogP contribution in [0.2, 0.25) is 0 Å². The van der Waals surface area contributed by atoms with Gasteiger partial charge in [-0.25, -0.2) is 4.68 Å². The number of nitrogens with zero attached hydrogens (tertiary/aromatic N) is 4. The minimum atomic E-state index is -0.108. The van der Waals surface area contributed by atoms with Gasteiger partial charge >= 0.3 is 0 Å². The van der Waals surface area contributed by atoms with E-state index in [-0.39, 0.29) is 23.6 Å². The molecular formula is C17H18N6O2. The Morgan fingerprint density at radius 3 is 2.72 bits per heavy atom. The summed E-state index contributed by atoms with van der Waals surface area (Å²) in [5, 5.41) is 17.8. The maximum absolute atomic E-state index is 12.4. The Labute approximate surface area is 143 Å². The summed E-state index contributed by atoms with van der Waals surface area (Å²) in [4.78, 5) is 24.3. The van der Waals surface area contributed by atoms with Gasteiger partial charge in [0.25, 0.3) is 11.5 Å². The molecule has 4 rings (SSSR count). The molecule has 0 radical (unpaired) electrons. The average molecular weight is 338 g/mol. The highest BCUT2D eigenvalue weighted by Crippen LogP contribution is 2.27. The zero-order valence-electron chi connectivity index (χ0n) is 13.6. The van der Waals surface area contributed by atoms with Crippen molar-refractivity contribution in [2.45, 2.75) is 37.8 Å². The van der Waals surface area contributed by atoms with Gasteiger partial charge in [0.2, 0.25) is 0 Å². The number of benzene rings is 1. The smallest absolute Gasteiger partial charge is 0.266 e. The Balaban J connectivity index is 1.39. The average Bonchev–Trinajstić information content (AvgIpc) is 3.10. The van der Waals surface area contributed by atoms with E-state index in [0.29, 0.717) is 11.1 Å². The van der Waals surface area contributed by atoms with Crippen LogP contribution in [0.3, 0.4) is 0 Å². The third kappa shape index (κ3) is 3.15. The summed E-state index contributed by atoms with van der Waals surface area (Å²) in [5.41, 5.74) is 1.91. The lowest BCUT2D eigenvalue weighted by atomic mass is 9.91. The SMILES string of the molecule is O=C(NC1CCC(n2ncccc2=O)CC1)c1ccc2n[nH]nc2c1. The molecule has 8 heteroatoms. The number of carbonyl (C=O) groups is 1. The number of amides is 1. The fraction of sp³-hybridized carbons (Fsp3) is 0.353. The number of H-pyrrole nitrogens is 1. The second-order valence-corrected chi connectivity index (χ2v) is 6.31. The van der Waals surface area contributed by atoms with Crippen molar-refractivity contribution in [1.82, 2.24) is 30.5 Å². The van der Waals surface area contributed by atoms with Crippen LogP contribution < -0.4 is 10.9 Å². The van der Waals surface area contributed by atoms with Gasteiger partial charge in [-0.2, -0.15) is 20.5 Å². The molecule has 3 aromatic rings. The molecule has 1 fully saturated rings. The molecule has 2 aromatic heterocycles. The fourth-order valence-corrected chi connectivity index (χ4v) is 3.36. The molecule has 1 amide bonds. The Hall–Kier alpha value is -3.03. The van der Waals surface area contributed by atoms with Gasteiger partial charge in [0.05, 0.1) is 6.04 Å². The number of nitrogens with one attached hydrogen (secondary N) is 2. The first-order valence-corrected chi connectivity index (χ1v) is 8.36. The Kier molecular flexibility index (Phi) is 4.01. The predicted molar refractivity (Wildman–Crippen MR) is 91.1 cm³/mol. The van der Waals surface area contributed by atoms with Gasteiger partial charge in [0, 0.05) is 23.9 Å². The zero-order valence-corrected chi connectivity index (χ0v) is 13.6. The number of carbonyl (C=O) groups excluding carboxylic acids is 1. The first-order valence-electron chi connectivity index (χ1n) is 8.36. The number of aromatic nitrogens is 5. The molecule has 1 aromatic carbocycles. The first-order chi connectivity index (χ1) is 12.2. The van der Waals surface area contributed by atoms with E-state index in [1.165, 1.54) is 6.07 Å². The van der Waals surface area contributed by atoms with Crippen LogP contribution in [-0.4, -0.2) is 37.1 Å². The molecule has 1 aliphatic carbocycles.